The Labute approximate surface area is 219 Å². The van der Waals surface area contributed by atoms with Gasteiger partial charge in [0.2, 0.25) is 11.2 Å². The molecule has 1 heterocycles. The number of hydrogen-bond acceptors (Lipinski definition) is 4. The van der Waals surface area contributed by atoms with Crippen LogP contribution in [0.25, 0.3) is 33.1 Å². The van der Waals surface area contributed by atoms with Gasteiger partial charge in [-0.25, -0.2) is 4.79 Å². The SMILES string of the molecule is CC.O=C(O)c1c(Cl)ccc(Cl)c1Cc1c2cc(Cl)c(=O)cc-2oc2c(F)c(O)c3ccccc3c12. The molecular weight excluding hydrogens is 530 g/mol. The average Bonchev–Trinajstić information content (AvgIpc) is 2.86. The molecule has 5 rings (SSSR count). The van der Waals surface area contributed by atoms with Gasteiger partial charge in [0, 0.05) is 33.8 Å². The van der Waals surface area contributed by atoms with Gasteiger partial charge in [0.1, 0.15) is 5.76 Å². The van der Waals surface area contributed by atoms with Gasteiger partial charge in [-0.3, -0.25) is 4.79 Å². The molecule has 0 amide bonds. The molecule has 9 heteroatoms. The zero-order chi connectivity index (χ0) is 26.3. The van der Waals surface area contributed by atoms with E-state index in [1.165, 1.54) is 18.2 Å². The Hall–Kier alpha value is -3.32. The molecule has 0 bridgehead atoms. The fourth-order valence-corrected chi connectivity index (χ4v) is 4.86. The minimum Gasteiger partial charge on any atom is -0.504 e. The molecular formula is C27H18Cl3FO5. The first kappa shape index (κ1) is 25.8. The fourth-order valence-electron chi connectivity index (χ4n) is 4.22. The van der Waals surface area contributed by atoms with E-state index in [9.17, 15) is 19.8 Å². The molecule has 5 nitrogen and oxygen atoms in total. The Balaban J connectivity index is 0.00000148. The normalized spacial score (nSPS) is 11.1. The van der Waals surface area contributed by atoms with Gasteiger partial charge >= 0.3 is 5.97 Å². The Bertz CT molecular complexity index is 1690. The molecule has 0 saturated heterocycles. The largest absolute Gasteiger partial charge is 0.504 e. The molecule has 0 spiro atoms. The molecule has 36 heavy (non-hydrogen) atoms. The van der Waals surface area contributed by atoms with Crippen LogP contribution in [0.2, 0.25) is 15.1 Å². The highest BCUT2D eigenvalue weighted by Crippen LogP contribution is 2.44. The van der Waals surface area contributed by atoms with E-state index in [1.807, 2.05) is 13.8 Å². The summed E-state index contributed by atoms with van der Waals surface area (Å²) in [6, 6.07) is 11.9. The van der Waals surface area contributed by atoms with Crippen LogP contribution in [0, 0.1) is 5.82 Å². The minimum absolute atomic E-state index is 0.0144. The zero-order valence-electron chi connectivity index (χ0n) is 19.0. The van der Waals surface area contributed by atoms with Crippen LogP contribution >= 0.6 is 34.8 Å². The third-order valence-corrected chi connectivity index (χ3v) is 6.70. The van der Waals surface area contributed by atoms with E-state index in [0.29, 0.717) is 16.5 Å². The first-order valence-electron chi connectivity index (χ1n) is 10.9. The average molecular weight is 548 g/mol. The van der Waals surface area contributed by atoms with Gasteiger partial charge in [0.25, 0.3) is 0 Å². The molecule has 3 aromatic rings. The highest BCUT2D eigenvalue weighted by Gasteiger charge is 2.27. The van der Waals surface area contributed by atoms with E-state index in [-0.39, 0.29) is 54.7 Å². The molecule has 3 aromatic carbocycles. The van der Waals surface area contributed by atoms with Crippen LogP contribution in [0.1, 0.15) is 35.3 Å². The van der Waals surface area contributed by atoms with E-state index in [4.69, 9.17) is 39.2 Å². The molecule has 1 aliphatic heterocycles. The second-order valence-corrected chi connectivity index (χ2v) is 8.86. The van der Waals surface area contributed by atoms with Gasteiger partial charge in [-0.05, 0) is 34.7 Å². The Kier molecular flexibility index (Phi) is 7.14. The number of phenolic OH excluding ortho intramolecular Hbond substituents is 1. The van der Waals surface area contributed by atoms with Crippen LogP contribution < -0.4 is 5.43 Å². The molecule has 0 aromatic heterocycles. The van der Waals surface area contributed by atoms with E-state index in [2.05, 4.69) is 0 Å². The number of hydrogen-bond donors (Lipinski definition) is 2. The molecule has 0 fully saturated rings. The summed E-state index contributed by atoms with van der Waals surface area (Å²) in [6.07, 6.45) is -0.104. The summed E-state index contributed by atoms with van der Waals surface area (Å²) < 4.78 is 21.1. The van der Waals surface area contributed by atoms with Crippen molar-refractivity contribution >= 4 is 62.5 Å². The molecule has 2 N–H and O–H groups in total. The predicted octanol–water partition coefficient (Wildman–Crippen LogP) is 8.17. The van der Waals surface area contributed by atoms with Crippen LogP contribution in [-0.4, -0.2) is 16.2 Å². The summed E-state index contributed by atoms with van der Waals surface area (Å²) >= 11 is 18.7. The van der Waals surface area contributed by atoms with Crippen LogP contribution in [-0.2, 0) is 6.42 Å². The van der Waals surface area contributed by atoms with Gasteiger partial charge in [-0.2, -0.15) is 4.39 Å². The first-order chi connectivity index (χ1) is 17.2. The predicted molar refractivity (Wildman–Crippen MR) is 141 cm³/mol. The Morgan fingerprint density at radius 3 is 2.25 bits per heavy atom. The summed E-state index contributed by atoms with van der Waals surface area (Å²) in [4.78, 5) is 24.2. The lowest BCUT2D eigenvalue weighted by Crippen LogP contribution is -2.08. The molecule has 2 aliphatic rings. The number of rotatable bonds is 3. The van der Waals surface area contributed by atoms with Gasteiger partial charge in [0.05, 0.1) is 15.6 Å². The number of aromatic carboxylic acids is 1. The standard InChI is InChI=1S/C25H12Cl3FO5.C2H6/c26-15-5-6-16(27)21(25(32)33)14(15)7-13-12-8-17(28)18(30)9-19(12)34-24-20(13)10-3-1-2-4-11(10)23(31)22(24)29;1-2/h1-6,8-9,31H,7H2,(H,32,33);1-2H3. The van der Waals surface area contributed by atoms with Crippen molar-refractivity contribution in [3.63, 3.8) is 0 Å². The molecule has 0 saturated carbocycles. The van der Waals surface area contributed by atoms with Crippen molar-refractivity contribution in [3.05, 3.63) is 96.3 Å². The number of fused-ring (bicyclic) bond motifs is 4. The van der Waals surface area contributed by atoms with Gasteiger partial charge in [-0.15, -0.1) is 0 Å². The van der Waals surface area contributed by atoms with Crippen molar-refractivity contribution in [2.24, 2.45) is 0 Å². The monoisotopic (exact) mass is 546 g/mol. The first-order valence-corrected chi connectivity index (χ1v) is 12.0. The molecule has 0 radical (unpaired) electrons. The lowest BCUT2D eigenvalue weighted by molar-refractivity contribution is 0.0696. The number of aromatic hydroxyl groups is 1. The van der Waals surface area contributed by atoms with Crippen LogP contribution in [0.4, 0.5) is 4.39 Å². The summed E-state index contributed by atoms with van der Waals surface area (Å²) in [7, 11) is 0. The number of carboxylic acids is 1. The van der Waals surface area contributed by atoms with Crippen molar-refractivity contribution in [2.45, 2.75) is 20.3 Å². The summed E-state index contributed by atoms with van der Waals surface area (Å²) in [6.45, 7) is 4.00. The number of carbonyl (C=O) groups is 1. The molecule has 1 aliphatic carbocycles. The highest BCUT2D eigenvalue weighted by atomic mass is 35.5. The van der Waals surface area contributed by atoms with E-state index in [1.54, 1.807) is 24.3 Å². The fraction of sp³-hybridized carbons (Fsp3) is 0.111. The van der Waals surface area contributed by atoms with Gasteiger partial charge in [-0.1, -0.05) is 72.9 Å². The summed E-state index contributed by atoms with van der Waals surface area (Å²) in [5, 5.41) is 21.2. The lowest BCUT2D eigenvalue weighted by atomic mass is 9.89. The second kappa shape index (κ2) is 9.97. The van der Waals surface area contributed by atoms with Gasteiger partial charge < -0.3 is 14.6 Å². The maximum atomic E-state index is 15.3. The molecule has 0 atom stereocenters. The maximum Gasteiger partial charge on any atom is 0.337 e. The number of halogens is 4. The van der Waals surface area contributed by atoms with Crippen LogP contribution in [0.3, 0.4) is 0 Å². The van der Waals surface area contributed by atoms with E-state index in [0.717, 1.165) is 6.07 Å². The third kappa shape index (κ3) is 4.15. The number of phenols is 1. The van der Waals surface area contributed by atoms with Crippen LogP contribution in [0.5, 0.6) is 5.75 Å². The number of carboxylic acid groups (broad SMARTS) is 1. The second-order valence-electron chi connectivity index (χ2n) is 7.64. The van der Waals surface area contributed by atoms with Crippen molar-refractivity contribution in [1.82, 2.24) is 0 Å². The van der Waals surface area contributed by atoms with Crippen LogP contribution in [0.15, 0.2) is 57.7 Å². The summed E-state index contributed by atoms with van der Waals surface area (Å²) in [5.74, 6) is -2.90. The highest BCUT2D eigenvalue weighted by molar-refractivity contribution is 6.36. The molecule has 184 valence electrons. The summed E-state index contributed by atoms with van der Waals surface area (Å²) in [5.41, 5.74) is -0.0857. The van der Waals surface area contributed by atoms with E-state index >= 15 is 4.39 Å². The van der Waals surface area contributed by atoms with E-state index < -0.39 is 23.0 Å². The quantitative estimate of drug-likeness (QED) is 0.176. The lowest BCUT2D eigenvalue weighted by Gasteiger charge is -2.19. The maximum absolute atomic E-state index is 15.3. The van der Waals surface area contributed by atoms with Gasteiger partial charge in [0.15, 0.2) is 11.3 Å². The van der Waals surface area contributed by atoms with Crippen molar-refractivity contribution in [2.75, 3.05) is 0 Å². The topological polar surface area (TPSA) is 87.7 Å². The minimum atomic E-state index is -1.29. The third-order valence-electron chi connectivity index (χ3n) is 5.73. The zero-order valence-corrected chi connectivity index (χ0v) is 21.2. The Morgan fingerprint density at radius 1 is 0.944 bits per heavy atom. The number of benzene rings is 4. The van der Waals surface area contributed by atoms with Crippen molar-refractivity contribution in [1.29, 1.82) is 0 Å². The van der Waals surface area contributed by atoms with Crippen molar-refractivity contribution < 1.29 is 23.8 Å². The molecule has 0 unspecified atom stereocenters. The smallest absolute Gasteiger partial charge is 0.337 e. The Morgan fingerprint density at radius 2 is 1.58 bits per heavy atom. The van der Waals surface area contributed by atoms with Crippen molar-refractivity contribution in [3.8, 4) is 17.1 Å².